The van der Waals surface area contributed by atoms with Gasteiger partial charge < -0.3 is 0 Å². The number of hydrogen-bond donors (Lipinski definition) is 0. The lowest BCUT2D eigenvalue weighted by Crippen LogP contribution is -2.40. The molecule has 0 bridgehead atoms. The topological polar surface area (TPSA) is 61.1 Å². The average molecular weight is 294 g/mol. The summed E-state index contributed by atoms with van der Waals surface area (Å²) in [5.74, 6) is -2.14. The van der Waals surface area contributed by atoms with E-state index in [1.807, 2.05) is 0 Å². The average Bonchev–Trinajstić information content (AvgIpc) is 2.42. The van der Waals surface area contributed by atoms with E-state index in [0.717, 1.165) is 27.5 Å². The van der Waals surface area contributed by atoms with Crippen LogP contribution >= 0.6 is 0 Å². The van der Waals surface area contributed by atoms with Crippen LogP contribution in [-0.2, 0) is 13.6 Å². The largest absolute Gasteiger partial charge is 0.331 e. The molecule has 0 radical (unpaired) electrons. The van der Waals surface area contributed by atoms with Crippen LogP contribution < -0.4 is 11.2 Å². The highest BCUT2D eigenvalue weighted by atomic mass is 19.1. The predicted molar refractivity (Wildman–Crippen MR) is 71.4 cm³/mol. The maximum Gasteiger partial charge on any atom is 0.331 e. The third-order valence-electron chi connectivity index (χ3n) is 3.12. The van der Waals surface area contributed by atoms with Gasteiger partial charge in [-0.25, -0.2) is 13.6 Å². The SMILES string of the molecule is CC(=O)c1cn(Cc2c(F)cccc2F)c(=O)n(C)c1=O. The van der Waals surface area contributed by atoms with E-state index in [1.54, 1.807) is 0 Å². The fourth-order valence-electron chi connectivity index (χ4n) is 1.93. The second-order valence-corrected chi connectivity index (χ2v) is 4.57. The Morgan fingerprint density at radius 1 is 1.19 bits per heavy atom. The maximum absolute atomic E-state index is 13.6. The van der Waals surface area contributed by atoms with E-state index in [0.29, 0.717) is 0 Å². The minimum absolute atomic E-state index is 0.214. The summed E-state index contributed by atoms with van der Waals surface area (Å²) in [6.07, 6.45) is 1.03. The molecule has 0 aliphatic heterocycles. The van der Waals surface area contributed by atoms with Crippen molar-refractivity contribution in [2.75, 3.05) is 0 Å². The Morgan fingerprint density at radius 3 is 2.29 bits per heavy atom. The van der Waals surface area contributed by atoms with Crippen molar-refractivity contribution < 1.29 is 13.6 Å². The third-order valence-corrected chi connectivity index (χ3v) is 3.12. The van der Waals surface area contributed by atoms with Crippen molar-refractivity contribution >= 4 is 5.78 Å². The van der Waals surface area contributed by atoms with Crippen LogP contribution in [0.15, 0.2) is 34.0 Å². The quantitative estimate of drug-likeness (QED) is 0.796. The molecule has 110 valence electrons. The van der Waals surface area contributed by atoms with E-state index in [-0.39, 0.29) is 11.1 Å². The minimum atomic E-state index is -0.805. The molecular formula is C14H12F2N2O3. The fraction of sp³-hybridized carbons (Fsp3) is 0.214. The van der Waals surface area contributed by atoms with Crippen LogP contribution in [0.4, 0.5) is 8.78 Å². The van der Waals surface area contributed by atoms with Gasteiger partial charge in [-0.3, -0.25) is 18.7 Å². The molecule has 0 aliphatic carbocycles. The molecule has 5 nitrogen and oxygen atoms in total. The summed E-state index contributed by atoms with van der Waals surface area (Å²) in [6.45, 7) is 0.765. The Morgan fingerprint density at radius 2 is 1.76 bits per heavy atom. The number of ketones is 1. The van der Waals surface area contributed by atoms with Crippen molar-refractivity contribution in [3.05, 3.63) is 68.0 Å². The van der Waals surface area contributed by atoms with Gasteiger partial charge in [-0.05, 0) is 19.1 Å². The van der Waals surface area contributed by atoms with Crippen LogP contribution in [-0.4, -0.2) is 14.9 Å². The number of hydrogen-bond acceptors (Lipinski definition) is 3. The van der Waals surface area contributed by atoms with Gasteiger partial charge in [-0.15, -0.1) is 0 Å². The Kier molecular flexibility index (Phi) is 3.84. The van der Waals surface area contributed by atoms with Crippen molar-refractivity contribution in [3.63, 3.8) is 0 Å². The van der Waals surface area contributed by atoms with Gasteiger partial charge in [-0.1, -0.05) is 6.07 Å². The number of carbonyl (C=O) groups excluding carboxylic acids is 1. The highest BCUT2D eigenvalue weighted by Gasteiger charge is 2.15. The molecule has 1 aromatic heterocycles. The molecule has 0 fully saturated rings. The first-order chi connectivity index (χ1) is 9.82. The van der Waals surface area contributed by atoms with E-state index in [4.69, 9.17) is 0 Å². The number of nitrogens with zero attached hydrogens (tertiary/aromatic N) is 2. The summed E-state index contributed by atoms with van der Waals surface area (Å²) >= 11 is 0. The molecule has 1 aromatic carbocycles. The summed E-state index contributed by atoms with van der Waals surface area (Å²) in [5, 5.41) is 0. The highest BCUT2D eigenvalue weighted by molar-refractivity contribution is 5.93. The molecule has 0 aliphatic rings. The lowest BCUT2D eigenvalue weighted by atomic mass is 10.2. The number of rotatable bonds is 3. The standard InChI is InChI=1S/C14H12F2N2O3/c1-8(19)9-6-18(14(21)17(2)13(9)20)7-10-11(15)4-3-5-12(10)16/h3-6H,7H2,1-2H3. The van der Waals surface area contributed by atoms with Gasteiger partial charge >= 0.3 is 5.69 Å². The Balaban J connectivity index is 2.63. The maximum atomic E-state index is 13.6. The monoisotopic (exact) mass is 294 g/mol. The molecule has 2 aromatic rings. The fourth-order valence-corrected chi connectivity index (χ4v) is 1.93. The number of halogens is 2. The molecule has 0 unspecified atom stereocenters. The molecule has 7 heteroatoms. The number of carbonyl (C=O) groups is 1. The zero-order chi connectivity index (χ0) is 15.7. The number of aromatic nitrogens is 2. The zero-order valence-electron chi connectivity index (χ0n) is 11.4. The van der Waals surface area contributed by atoms with Crippen LogP contribution in [0.25, 0.3) is 0 Å². The van der Waals surface area contributed by atoms with Crippen LogP contribution in [0.3, 0.4) is 0 Å². The highest BCUT2D eigenvalue weighted by Crippen LogP contribution is 2.12. The lowest BCUT2D eigenvalue weighted by molar-refractivity contribution is 0.101. The van der Waals surface area contributed by atoms with Crippen LogP contribution in [0.5, 0.6) is 0 Å². The summed E-state index contributed by atoms with van der Waals surface area (Å²) in [4.78, 5) is 35.1. The normalized spacial score (nSPS) is 10.7. The summed E-state index contributed by atoms with van der Waals surface area (Å²) in [6, 6.07) is 3.34. The van der Waals surface area contributed by atoms with Gasteiger partial charge in [0.2, 0.25) is 0 Å². The Hall–Kier alpha value is -2.57. The third kappa shape index (κ3) is 2.67. The molecule has 2 rings (SSSR count). The Labute approximate surface area is 118 Å². The number of benzene rings is 1. The van der Waals surface area contributed by atoms with Gasteiger partial charge in [0.25, 0.3) is 5.56 Å². The lowest BCUT2D eigenvalue weighted by Gasteiger charge is -2.10. The summed E-state index contributed by atoms with van der Waals surface area (Å²) in [7, 11) is 1.20. The molecular weight excluding hydrogens is 282 g/mol. The van der Waals surface area contributed by atoms with Gasteiger partial charge in [0.1, 0.15) is 11.6 Å². The molecule has 0 saturated heterocycles. The Bertz CT molecular complexity index is 817. The second kappa shape index (κ2) is 5.43. The first kappa shape index (κ1) is 14.8. The van der Waals surface area contributed by atoms with E-state index in [2.05, 4.69) is 0 Å². The molecule has 0 N–H and O–H groups in total. The van der Waals surface area contributed by atoms with Crippen molar-refractivity contribution in [1.29, 1.82) is 0 Å². The molecule has 0 spiro atoms. The molecule has 0 atom stereocenters. The summed E-state index contributed by atoms with van der Waals surface area (Å²) < 4.78 is 28.9. The van der Waals surface area contributed by atoms with Crippen LogP contribution in [0.2, 0.25) is 0 Å². The van der Waals surface area contributed by atoms with Gasteiger partial charge in [0.15, 0.2) is 5.78 Å². The minimum Gasteiger partial charge on any atom is -0.295 e. The summed E-state index contributed by atoms with van der Waals surface area (Å²) in [5.41, 5.74) is -2.02. The van der Waals surface area contributed by atoms with Crippen LogP contribution in [0, 0.1) is 11.6 Å². The van der Waals surface area contributed by atoms with E-state index in [1.165, 1.54) is 20.0 Å². The van der Waals surface area contributed by atoms with E-state index < -0.39 is 35.2 Å². The van der Waals surface area contributed by atoms with E-state index in [9.17, 15) is 23.2 Å². The van der Waals surface area contributed by atoms with E-state index >= 15 is 0 Å². The first-order valence-corrected chi connectivity index (χ1v) is 6.07. The van der Waals surface area contributed by atoms with Crippen molar-refractivity contribution in [2.24, 2.45) is 7.05 Å². The van der Waals surface area contributed by atoms with Gasteiger partial charge in [0, 0.05) is 18.8 Å². The predicted octanol–water partition coefficient (Wildman–Crippen LogP) is 1.08. The molecule has 21 heavy (non-hydrogen) atoms. The van der Waals surface area contributed by atoms with Crippen LogP contribution in [0.1, 0.15) is 22.8 Å². The van der Waals surface area contributed by atoms with Crippen molar-refractivity contribution in [1.82, 2.24) is 9.13 Å². The molecule has 1 heterocycles. The molecule has 0 amide bonds. The van der Waals surface area contributed by atoms with Crippen molar-refractivity contribution in [2.45, 2.75) is 13.5 Å². The second-order valence-electron chi connectivity index (χ2n) is 4.57. The smallest absolute Gasteiger partial charge is 0.295 e. The van der Waals surface area contributed by atoms with Gasteiger partial charge in [0.05, 0.1) is 12.1 Å². The first-order valence-electron chi connectivity index (χ1n) is 6.07. The number of Topliss-reactive ketones (excluding diaryl/α,β-unsaturated/α-hetero) is 1. The zero-order valence-corrected chi connectivity index (χ0v) is 11.4. The molecule has 0 saturated carbocycles. The van der Waals surface area contributed by atoms with Gasteiger partial charge in [-0.2, -0.15) is 0 Å². The van der Waals surface area contributed by atoms with Crippen molar-refractivity contribution in [3.8, 4) is 0 Å².